The van der Waals surface area contributed by atoms with Gasteiger partial charge in [0.05, 0.1) is 13.7 Å². The fraction of sp³-hybridized carbons (Fsp3) is 0.714. The van der Waals surface area contributed by atoms with Crippen molar-refractivity contribution in [1.82, 2.24) is 9.80 Å². The zero-order chi connectivity index (χ0) is 18.2. The number of hydrogen-bond donors (Lipinski definition) is 0. The molecule has 2 heterocycles. The molecule has 0 aromatic heterocycles. The summed E-state index contributed by atoms with van der Waals surface area (Å²) in [5, 5.41) is 0. The first-order chi connectivity index (χ1) is 11.8. The van der Waals surface area contributed by atoms with Crippen molar-refractivity contribution in [2.24, 2.45) is 5.41 Å². The molecule has 0 amide bonds. The molecule has 0 aliphatic carbocycles. The third kappa shape index (κ3) is 3.95. The fourth-order valence-electron chi connectivity index (χ4n) is 4.38. The number of piperazine rings is 1. The van der Waals surface area contributed by atoms with Crippen LogP contribution in [0.4, 0.5) is 0 Å². The highest BCUT2D eigenvalue weighted by Gasteiger charge is 2.37. The Morgan fingerprint density at radius 2 is 1.92 bits per heavy atom. The minimum atomic E-state index is 0.370. The van der Waals surface area contributed by atoms with Crippen molar-refractivity contribution >= 4 is 0 Å². The van der Waals surface area contributed by atoms with Crippen molar-refractivity contribution in [3.8, 4) is 11.5 Å². The smallest absolute Gasteiger partial charge is 0.161 e. The number of benzene rings is 1. The largest absolute Gasteiger partial charge is 0.493 e. The molecule has 1 saturated heterocycles. The highest BCUT2D eigenvalue weighted by atomic mass is 16.5. The normalized spacial score (nSPS) is 24.6. The summed E-state index contributed by atoms with van der Waals surface area (Å²) in [6.45, 7) is 13.1. The quantitative estimate of drug-likeness (QED) is 0.829. The average Bonchev–Trinajstić information content (AvgIpc) is 2.54. The molecule has 1 fully saturated rings. The van der Waals surface area contributed by atoms with Gasteiger partial charge in [-0.05, 0) is 55.5 Å². The zero-order valence-corrected chi connectivity index (χ0v) is 16.8. The van der Waals surface area contributed by atoms with E-state index in [-0.39, 0.29) is 0 Å². The molecule has 4 nitrogen and oxygen atoms in total. The molecular weight excluding hydrogens is 312 g/mol. The Bertz CT molecular complexity index is 609. The minimum Gasteiger partial charge on any atom is -0.493 e. The van der Waals surface area contributed by atoms with Crippen molar-refractivity contribution in [1.29, 1.82) is 0 Å². The first-order valence-electron chi connectivity index (χ1n) is 9.60. The van der Waals surface area contributed by atoms with Gasteiger partial charge in [-0.25, -0.2) is 0 Å². The molecule has 4 heteroatoms. The van der Waals surface area contributed by atoms with Crippen LogP contribution in [0.5, 0.6) is 11.5 Å². The number of nitrogens with zero attached hydrogens (tertiary/aromatic N) is 2. The summed E-state index contributed by atoms with van der Waals surface area (Å²) in [5.74, 6) is 1.74. The maximum Gasteiger partial charge on any atom is 0.161 e. The van der Waals surface area contributed by atoms with Crippen LogP contribution < -0.4 is 9.47 Å². The second-order valence-electron chi connectivity index (χ2n) is 8.75. The molecular formula is C21H34N2O2. The van der Waals surface area contributed by atoms with Crippen LogP contribution in [-0.4, -0.2) is 56.2 Å². The Morgan fingerprint density at radius 1 is 1.16 bits per heavy atom. The van der Waals surface area contributed by atoms with E-state index in [1.54, 1.807) is 7.11 Å². The molecule has 2 atom stereocenters. The van der Waals surface area contributed by atoms with Crippen LogP contribution in [0.25, 0.3) is 0 Å². The van der Waals surface area contributed by atoms with E-state index in [1.165, 1.54) is 17.5 Å². The van der Waals surface area contributed by atoms with Crippen LogP contribution in [0.3, 0.4) is 0 Å². The molecule has 140 valence electrons. The van der Waals surface area contributed by atoms with Crippen molar-refractivity contribution in [2.75, 3.05) is 40.4 Å². The summed E-state index contributed by atoms with van der Waals surface area (Å²) in [4.78, 5) is 5.24. The van der Waals surface area contributed by atoms with E-state index in [9.17, 15) is 0 Å². The first kappa shape index (κ1) is 18.5. The van der Waals surface area contributed by atoms with Gasteiger partial charge in [0, 0.05) is 31.7 Å². The third-order valence-corrected chi connectivity index (χ3v) is 5.57. The van der Waals surface area contributed by atoms with E-state index in [0.717, 1.165) is 37.6 Å². The van der Waals surface area contributed by atoms with Gasteiger partial charge in [0.25, 0.3) is 0 Å². The van der Waals surface area contributed by atoms with E-state index in [1.807, 2.05) is 6.92 Å². The Hall–Kier alpha value is -1.26. The molecule has 2 aliphatic heterocycles. The van der Waals surface area contributed by atoms with Crippen LogP contribution in [0.2, 0.25) is 0 Å². The van der Waals surface area contributed by atoms with E-state index in [4.69, 9.17) is 9.47 Å². The number of fused-ring (bicyclic) bond motifs is 3. The summed E-state index contributed by atoms with van der Waals surface area (Å²) in [6, 6.07) is 5.53. The standard InChI is InChI=1S/C21H34N2O2/c1-7-25-20-10-15-8-9-23-13-16(12-21(2,3)4)22(5)14-18(23)17(15)11-19(20)24-6/h10-11,16,18H,7-9,12-14H2,1-6H3. The summed E-state index contributed by atoms with van der Waals surface area (Å²) in [6.07, 6.45) is 2.34. The predicted octanol–water partition coefficient (Wildman–Crippen LogP) is 3.74. The monoisotopic (exact) mass is 346 g/mol. The van der Waals surface area contributed by atoms with Crippen LogP contribution in [0.15, 0.2) is 12.1 Å². The SMILES string of the molecule is CCOc1cc2c(cc1OC)C1CN(C)C(CC(C)(C)C)CN1CC2. The maximum absolute atomic E-state index is 5.77. The van der Waals surface area contributed by atoms with Gasteiger partial charge in [-0.2, -0.15) is 0 Å². The van der Waals surface area contributed by atoms with Crippen molar-refractivity contribution < 1.29 is 9.47 Å². The van der Waals surface area contributed by atoms with Gasteiger partial charge >= 0.3 is 0 Å². The topological polar surface area (TPSA) is 24.9 Å². The van der Waals surface area contributed by atoms with Crippen LogP contribution in [-0.2, 0) is 6.42 Å². The summed E-state index contributed by atoms with van der Waals surface area (Å²) >= 11 is 0. The molecule has 0 saturated carbocycles. The summed E-state index contributed by atoms with van der Waals surface area (Å²) in [7, 11) is 4.02. The number of methoxy groups -OCH3 is 1. The molecule has 0 N–H and O–H groups in total. The molecule has 1 aromatic rings. The maximum atomic E-state index is 5.77. The molecule has 3 rings (SSSR count). The molecule has 0 radical (unpaired) electrons. The Balaban J connectivity index is 1.85. The average molecular weight is 347 g/mol. The van der Waals surface area contributed by atoms with Gasteiger partial charge in [-0.3, -0.25) is 4.90 Å². The van der Waals surface area contributed by atoms with Gasteiger partial charge in [-0.15, -0.1) is 0 Å². The number of likely N-dealkylation sites (N-methyl/N-ethyl adjacent to an activating group) is 1. The number of hydrogen-bond acceptors (Lipinski definition) is 4. The highest BCUT2D eigenvalue weighted by molar-refractivity contribution is 5.49. The Morgan fingerprint density at radius 3 is 2.56 bits per heavy atom. The summed E-state index contributed by atoms with van der Waals surface area (Å²) < 4.78 is 11.4. The number of ether oxygens (including phenoxy) is 2. The second kappa shape index (κ2) is 7.16. The van der Waals surface area contributed by atoms with Crippen molar-refractivity contribution in [2.45, 2.75) is 52.6 Å². The third-order valence-electron chi connectivity index (χ3n) is 5.57. The molecule has 25 heavy (non-hydrogen) atoms. The Kier molecular flexibility index (Phi) is 5.31. The van der Waals surface area contributed by atoms with Gasteiger partial charge in [-0.1, -0.05) is 20.8 Å². The van der Waals surface area contributed by atoms with Gasteiger partial charge < -0.3 is 14.4 Å². The van der Waals surface area contributed by atoms with E-state index in [2.05, 4.69) is 49.8 Å². The number of rotatable bonds is 4. The molecule has 0 bridgehead atoms. The van der Waals surface area contributed by atoms with E-state index >= 15 is 0 Å². The van der Waals surface area contributed by atoms with Gasteiger partial charge in [0.15, 0.2) is 11.5 Å². The molecule has 0 spiro atoms. The van der Waals surface area contributed by atoms with Crippen LogP contribution in [0.1, 0.15) is 51.3 Å². The van der Waals surface area contributed by atoms with Crippen LogP contribution in [0, 0.1) is 5.41 Å². The van der Waals surface area contributed by atoms with Gasteiger partial charge in [0.2, 0.25) is 0 Å². The highest BCUT2D eigenvalue weighted by Crippen LogP contribution is 2.41. The first-order valence-corrected chi connectivity index (χ1v) is 9.60. The molecule has 1 aromatic carbocycles. The lowest BCUT2D eigenvalue weighted by Crippen LogP contribution is -2.55. The Labute approximate surface area is 153 Å². The van der Waals surface area contributed by atoms with Crippen molar-refractivity contribution in [3.63, 3.8) is 0 Å². The van der Waals surface area contributed by atoms with E-state index in [0.29, 0.717) is 24.1 Å². The van der Waals surface area contributed by atoms with Gasteiger partial charge in [0.1, 0.15) is 0 Å². The van der Waals surface area contributed by atoms with Crippen molar-refractivity contribution in [3.05, 3.63) is 23.3 Å². The van der Waals surface area contributed by atoms with E-state index < -0.39 is 0 Å². The second-order valence-corrected chi connectivity index (χ2v) is 8.75. The fourth-order valence-corrected chi connectivity index (χ4v) is 4.38. The predicted molar refractivity (Wildman–Crippen MR) is 103 cm³/mol. The zero-order valence-electron chi connectivity index (χ0n) is 16.8. The molecule has 2 aliphatic rings. The van der Waals surface area contributed by atoms with Crippen LogP contribution >= 0.6 is 0 Å². The molecule has 2 unspecified atom stereocenters. The lowest BCUT2D eigenvalue weighted by Gasteiger charge is -2.49. The minimum absolute atomic E-state index is 0.370. The lowest BCUT2D eigenvalue weighted by molar-refractivity contribution is 0.0213. The lowest BCUT2D eigenvalue weighted by atomic mass is 9.84. The summed E-state index contributed by atoms with van der Waals surface area (Å²) in [5.41, 5.74) is 3.22.